The third-order valence-corrected chi connectivity index (χ3v) is 5.98. The van der Waals surface area contributed by atoms with Crippen LogP contribution in [0.5, 0.6) is 5.75 Å². The SMILES string of the molecule is CC(=O)N1CCC(N2CCC(O)(COc3ccc(C)cc3C)CC2)CC1. The van der Waals surface area contributed by atoms with E-state index in [2.05, 4.69) is 17.9 Å². The van der Waals surface area contributed by atoms with Gasteiger partial charge >= 0.3 is 0 Å². The largest absolute Gasteiger partial charge is 0.490 e. The zero-order chi connectivity index (χ0) is 18.7. The van der Waals surface area contributed by atoms with Crippen LogP contribution in [-0.4, -0.2) is 65.2 Å². The molecule has 0 radical (unpaired) electrons. The fraction of sp³-hybridized carbons (Fsp3) is 0.667. The Kier molecular flexibility index (Phi) is 5.88. The summed E-state index contributed by atoms with van der Waals surface area (Å²) in [5.41, 5.74) is 1.59. The highest BCUT2D eigenvalue weighted by atomic mass is 16.5. The topological polar surface area (TPSA) is 53.0 Å². The number of aryl methyl sites for hydroxylation is 2. The molecule has 1 aromatic rings. The van der Waals surface area contributed by atoms with Crippen molar-refractivity contribution in [2.45, 2.75) is 58.1 Å². The van der Waals surface area contributed by atoms with E-state index in [-0.39, 0.29) is 5.91 Å². The Hall–Kier alpha value is -1.59. The number of likely N-dealkylation sites (tertiary alicyclic amines) is 2. The van der Waals surface area contributed by atoms with Gasteiger partial charge in [-0.1, -0.05) is 17.7 Å². The number of hydrogen-bond donors (Lipinski definition) is 1. The molecule has 0 saturated carbocycles. The minimum Gasteiger partial charge on any atom is -0.490 e. The maximum Gasteiger partial charge on any atom is 0.219 e. The van der Waals surface area contributed by atoms with Crippen molar-refractivity contribution in [3.05, 3.63) is 29.3 Å². The third kappa shape index (κ3) is 4.57. The van der Waals surface area contributed by atoms with E-state index >= 15 is 0 Å². The van der Waals surface area contributed by atoms with Crippen LogP contribution in [0.25, 0.3) is 0 Å². The molecule has 0 bridgehead atoms. The molecule has 1 N–H and O–H groups in total. The van der Waals surface area contributed by atoms with Crippen molar-refractivity contribution < 1.29 is 14.6 Å². The van der Waals surface area contributed by atoms with Crippen LogP contribution in [0.1, 0.15) is 43.7 Å². The summed E-state index contributed by atoms with van der Waals surface area (Å²) in [6.07, 6.45) is 3.56. The van der Waals surface area contributed by atoms with Gasteiger partial charge in [0.05, 0.1) is 0 Å². The summed E-state index contributed by atoms with van der Waals surface area (Å²) in [6, 6.07) is 6.68. The normalized spacial score (nSPS) is 21.6. The van der Waals surface area contributed by atoms with E-state index in [0.29, 0.717) is 12.6 Å². The van der Waals surface area contributed by atoms with E-state index < -0.39 is 5.60 Å². The van der Waals surface area contributed by atoms with Gasteiger partial charge in [-0.15, -0.1) is 0 Å². The maximum atomic E-state index is 11.5. The Labute approximate surface area is 156 Å². The molecule has 5 nitrogen and oxygen atoms in total. The van der Waals surface area contributed by atoms with Crippen molar-refractivity contribution in [2.75, 3.05) is 32.8 Å². The zero-order valence-corrected chi connectivity index (χ0v) is 16.3. The Bertz CT molecular complexity index is 630. The summed E-state index contributed by atoms with van der Waals surface area (Å²) >= 11 is 0. The molecule has 1 aromatic carbocycles. The fourth-order valence-electron chi connectivity index (χ4n) is 4.17. The van der Waals surface area contributed by atoms with E-state index in [1.165, 1.54) is 5.56 Å². The zero-order valence-electron chi connectivity index (χ0n) is 16.3. The van der Waals surface area contributed by atoms with Crippen LogP contribution < -0.4 is 4.74 Å². The van der Waals surface area contributed by atoms with Crippen LogP contribution in [-0.2, 0) is 4.79 Å². The van der Waals surface area contributed by atoms with Crippen molar-refractivity contribution in [2.24, 2.45) is 0 Å². The molecule has 2 aliphatic heterocycles. The average Bonchev–Trinajstić information content (AvgIpc) is 2.62. The number of amides is 1. The number of benzene rings is 1. The van der Waals surface area contributed by atoms with Crippen molar-refractivity contribution >= 4 is 5.91 Å². The number of aliphatic hydroxyl groups is 1. The molecule has 0 aliphatic carbocycles. The summed E-state index contributed by atoms with van der Waals surface area (Å²) in [4.78, 5) is 15.9. The summed E-state index contributed by atoms with van der Waals surface area (Å²) in [7, 11) is 0. The molecule has 26 heavy (non-hydrogen) atoms. The van der Waals surface area contributed by atoms with Crippen LogP contribution in [0.2, 0.25) is 0 Å². The average molecular weight is 360 g/mol. The molecule has 0 aromatic heterocycles. The minimum atomic E-state index is -0.742. The number of piperidine rings is 2. The van der Waals surface area contributed by atoms with E-state index in [0.717, 1.165) is 63.2 Å². The molecule has 144 valence electrons. The fourth-order valence-corrected chi connectivity index (χ4v) is 4.17. The molecule has 0 unspecified atom stereocenters. The number of carbonyl (C=O) groups excluding carboxylic acids is 1. The standard InChI is InChI=1S/C21H32N2O3/c1-16-4-5-20(17(2)14-16)26-15-21(25)8-12-23(13-9-21)19-6-10-22(11-7-19)18(3)24/h4-5,14,19,25H,6-13,15H2,1-3H3. The van der Waals surface area contributed by atoms with Gasteiger partial charge in [0.25, 0.3) is 0 Å². The smallest absolute Gasteiger partial charge is 0.219 e. The van der Waals surface area contributed by atoms with Crippen LogP contribution in [0.3, 0.4) is 0 Å². The van der Waals surface area contributed by atoms with Crippen LogP contribution in [0, 0.1) is 13.8 Å². The van der Waals surface area contributed by atoms with Crippen LogP contribution in [0.15, 0.2) is 18.2 Å². The molecular weight excluding hydrogens is 328 g/mol. The summed E-state index contributed by atoms with van der Waals surface area (Å²) in [5.74, 6) is 1.04. The van der Waals surface area contributed by atoms with Gasteiger partial charge in [0.2, 0.25) is 5.91 Å². The summed E-state index contributed by atoms with van der Waals surface area (Å²) < 4.78 is 5.94. The quantitative estimate of drug-likeness (QED) is 0.896. The number of ether oxygens (including phenoxy) is 1. The van der Waals surface area contributed by atoms with E-state index in [4.69, 9.17) is 4.74 Å². The first-order valence-electron chi connectivity index (χ1n) is 9.78. The summed E-state index contributed by atoms with van der Waals surface area (Å²) in [5, 5.41) is 10.9. The van der Waals surface area contributed by atoms with Gasteiger partial charge in [-0.2, -0.15) is 0 Å². The predicted molar refractivity (Wildman–Crippen MR) is 102 cm³/mol. The second-order valence-electron chi connectivity index (χ2n) is 8.06. The Morgan fingerprint density at radius 3 is 2.42 bits per heavy atom. The van der Waals surface area contributed by atoms with Gasteiger partial charge in [-0.3, -0.25) is 4.79 Å². The Morgan fingerprint density at radius 2 is 1.85 bits per heavy atom. The molecule has 2 saturated heterocycles. The minimum absolute atomic E-state index is 0.181. The first-order valence-corrected chi connectivity index (χ1v) is 9.78. The van der Waals surface area contributed by atoms with E-state index in [9.17, 15) is 9.90 Å². The third-order valence-electron chi connectivity index (χ3n) is 5.98. The first kappa shape index (κ1) is 19.2. The summed E-state index contributed by atoms with van der Waals surface area (Å²) in [6.45, 7) is 9.63. The Morgan fingerprint density at radius 1 is 1.19 bits per heavy atom. The highest BCUT2D eigenvalue weighted by Crippen LogP contribution is 2.28. The number of nitrogens with zero attached hydrogens (tertiary/aromatic N) is 2. The van der Waals surface area contributed by atoms with Crippen molar-refractivity contribution in [1.82, 2.24) is 9.80 Å². The first-order chi connectivity index (χ1) is 12.4. The van der Waals surface area contributed by atoms with Gasteiger partial charge in [-0.05, 0) is 51.2 Å². The lowest BCUT2D eigenvalue weighted by molar-refractivity contribution is -0.130. The van der Waals surface area contributed by atoms with Gasteiger partial charge < -0.3 is 19.6 Å². The lowest BCUT2D eigenvalue weighted by Gasteiger charge is -2.44. The van der Waals surface area contributed by atoms with Gasteiger partial charge in [0, 0.05) is 39.1 Å². The number of rotatable bonds is 4. The Balaban J connectivity index is 1.47. The number of hydrogen-bond acceptors (Lipinski definition) is 4. The molecule has 2 fully saturated rings. The number of carbonyl (C=O) groups is 1. The molecule has 0 atom stereocenters. The van der Waals surface area contributed by atoms with Gasteiger partial charge in [0.1, 0.15) is 18.0 Å². The highest BCUT2D eigenvalue weighted by Gasteiger charge is 2.36. The highest BCUT2D eigenvalue weighted by molar-refractivity contribution is 5.73. The maximum absolute atomic E-state index is 11.5. The lowest BCUT2D eigenvalue weighted by Crippen LogP contribution is -2.53. The van der Waals surface area contributed by atoms with Gasteiger partial charge in [0.15, 0.2) is 0 Å². The molecule has 2 heterocycles. The predicted octanol–water partition coefficient (Wildman–Crippen LogP) is 2.52. The van der Waals surface area contributed by atoms with Crippen molar-refractivity contribution in [3.8, 4) is 5.75 Å². The van der Waals surface area contributed by atoms with Crippen LogP contribution >= 0.6 is 0 Å². The van der Waals surface area contributed by atoms with E-state index in [1.54, 1.807) is 6.92 Å². The molecule has 0 spiro atoms. The molecule has 5 heteroatoms. The van der Waals surface area contributed by atoms with Crippen molar-refractivity contribution in [1.29, 1.82) is 0 Å². The van der Waals surface area contributed by atoms with E-state index in [1.807, 2.05) is 24.0 Å². The second kappa shape index (κ2) is 7.97. The molecule has 3 rings (SSSR count). The lowest BCUT2D eigenvalue weighted by atomic mass is 9.90. The van der Waals surface area contributed by atoms with Crippen LogP contribution in [0.4, 0.5) is 0 Å². The second-order valence-corrected chi connectivity index (χ2v) is 8.06. The monoisotopic (exact) mass is 360 g/mol. The molecule has 1 amide bonds. The molecular formula is C21H32N2O3. The van der Waals surface area contributed by atoms with Crippen molar-refractivity contribution in [3.63, 3.8) is 0 Å². The molecule has 2 aliphatic rings. The van der Waals surface area contributed by atoms with Gasteiger partial charge in [-0.25, -0.2) is 0 Å².